The zero-order valence-electron chi connectivity index (χ0n) is 20.7. The van der Waals surface area contributed by atoms with Gasteiger partial charge in [0.25, 0.3) is 5.56 Å². The van der Waals surface area contributed by atoms with Crippen LogP contribution in [-0.2, 0) is 9.53 Å². The number of halogens is 3. The molecule has 0 unspecified atom stereocenters. The molecule has 2 heterocycles. The Labute approximate surface area is 240 Å². The number of hydrogen-bond donors (Lipinski definition) is 0. The molecule has 8 nitrogen and oxygen atoms in total. The monoisotopic (exact) mass is 627 g/mol. The van der Waals surface area contributed by atoms with Gasteiger partial charge in [0.05, 0.1) is 33.3 Å². The average Bonchev–Trinajstić information content (AvgIpc) is 3.30. The second-order valence-corrected chi connectivity index (χ2v) is 10.5. The minimum absolute atomic E-state index is 0.134. The molecule has 0 saturated heterocycles. The van der Waals surface area contributed by atoms with Gasteiger partial charge in [-0.3, -0.25) is 4.79 Å². The first-order chi connectivity index (χ1) is 18.7. The highest BCUT2D eigenvalue weighted by Gasteiger charge is 2.17. The Morgan fingerprint density at radius 2 is 1.87 bits per heavy atom. The number of furan rings is 1. The molecule has 3 aromatic carbocycles. The Hall–Kier alpha value is -3.66. The molecule has 5 aromatic rings. The van der Waals surface area contributed by atoms with Crippen molar-refractivity contribution in [1.82, 2.24) is 9.66 Å². The lowest BCUT2D eigenvalue weighted by molar-refractivity contribution is -0.149. The molecule has 0 radical (unpaired) electrons. The summed E-state index contributed by atoms with van der Waals surface area (Å²) in [6, 6.07) is 17.5. The molecule has 0 atom stereocenters. The molecule has 0 N–H and O–H groups in total. The molecule has 2 aromatic heterocycles. The number of carbonyl (C=O) groups excluding carboxylic acids is 1. The summed E-state index contributed by atoms with van der Waals surface area (Å²) >= 11 is 16.2. The van der Waals surface area contributed by atoms with Crippen molar-refractivity contribution < 1.29 is 18.7 Å². The quantitative estimate of drug-likeness (QED) is 0.141. The first-order valence-corrected chi connectivity index (χ1v) is 13.3. The summed E-state index contributed by atoms with van der Waals surface area (Å²) in [5.41, 5.74) is 1.25. The van der Waals surface area contributed by atoms with Crippen LogP contribution in [0, 0.1) is 0 Å². The van der Waals surface area contributed by atoms with Gasteiger partial charge in [0.15, 0.2) is 18.1 Å². The van der Waals surface area contributed by atoms with Gasteiger partial charge in [-0.1, -0.05) is 51.3 Å². The predicted molar refractivity (Wildman–Crippen MR) is 155 cm³/mol. The molecule has 0 saturated carbocycles. The number of para-hydroxylation sites is 1. The number of nitrogens with zero attached hydrogens (tertiary/aromatic N) is 3. The van der Waals surface area contributed by atoms with Gasteiger partial charge < -0.3 is 13.9 Å². The molecule has 0 aliphatic heterocycles. The average molecular weight is 629 g/mol. The fraction of sp³-hybridized carbons (Fsp3) is 0.143. The van der Waals surface area contributed by atoms with Gasteiger partial charge in [0.1, 0.15) is 5.58 Å². The minimum atomic E-state index is -0.545. The molecule has 0 amide bonds. The van der Waals surface area contributed by atoms with Crippen molar-refractivity contribution in [3.8, 4) is 17.3 Å². The minimum Gasteiger partial charge on any atom is -0.479 e. The van der Waals surface area contributed by atoms with Crippen LogP contribution >= 0.6 is 39.1 Å². The summed E-state index contributed by atoms with van der Waals surface area (Å²) < 4.78 is 18.6. The number of aromatic nitrogens is 2. The summed E-state index contributed by atoms with van der Waals surface area (Å²) in [5.74, 6) is 0.186. The van der Waals surface area contributed by atoms with Crippen molar-refractivity contribution in [2.24, 2.45) is 5.10 Å². The molecule has 0 fully saturated rings. The molecule has 5 rings (SSSR count). The standard InChI is InChI=1S/C28H20BrCl2N3O5/c1-15(2)38-25(35)14-37-26-20(30)9-16(10-21(26)31)13-32-34-27(33-22-6-4-3-5-19(22)28(34)36)24-12-17-11-18(29)7-8-23(17)39-24/h3-13,15H,14H2,1-2H3. The second kappa shape index (κ2) is 11.2. The number of rotatable bonds is 7. The van der Waals surface area contributed by atoms with Crippen LogP contribution in [0.4, 0.5) is 0 Å². The van der Waals surface area contributed by atoms with Crippen LogP contribution in [0.25, 0.3) is 33.5 Å². The van der Waals surface area contributed by atoms with E-state index in [2.05, 4.69) is 26.0 Å². The topological polar surface area (TPSA) is 95.9 Å². The summed E-state index contributed by atoms with van der Waals surface area (Å²) in [5, 5.41) is 5.98. The van der Waals surface area contributed by atoms with Gasteiger partial charge in [-0.05, 0) is 67.9 Å². The number of carbonyl (C=O) groups is 1. The van der Waals surface area contributed by atoms with Crippen molar-refractivity contribution in [2.75, 3.05) is 6.61 Å². The van der Waals surface area contributed by atoms with Crippen molar-refractivity contribution in [2.45, 2.75) is 20.0 Å². The number of esters is 1. The van der Waals surface area contributed by atoms with E-state index >= 15 is 0 Å². The van der Waals surface area contributed by atoms with E-state index in [9.17, 15) is 9.59 Å². The van der Waals surface area contributed by atoms with Crippen LogP contribution in [0.15, 0.2) is 79.4 Å². The number of fused-ring (bicyclic) bond motifs is 2. The van der Waals surface area contributed by atoms with Crippen molar-refractivity contribution in [3.05, 3.63) is 91.1 Å². The molecule has 0 aliphatic carbocycles. The van der Waals surface area contributed by atoms with Crippen molar-refractivity contribution in [1.29, 1.82) is 0 Å². The summed E-state index contributed by atoms with van der Waals surface area (Å²) in [4.78, 5) is 30.0. The number of hydrogen-bond acceptors (Lipinski definition) is 7. The van der Waals surface area contributed by atoms with Gasteiger partial charge in [0.2, 0.25) is 5.82 Å². The van der Waals surface area contributed by atoms with Gasteiger partial charge in [0, 0.05) is 9.86 Å². The smallest absolute Gasteiger partial charge is 0.344 e. The van der Waals surface area contributed by atoms with Crippen LogP contribution in [0.1, 0.15) is 19.4 Å². The van der Waals surface area contributed by atoms with Gasteiger partial charge in [-0.15, -0.1) is 0 Å². The number of benzene rings is 3. The van der Waals surface area contributed by atoms with E-state index in [1.807, 2.05) is 18.2 Å². The van der Waals surface area contributed by atoms with Crippen molar-refractivity contribution in [3.63, 3.8) is 0 Å². The van der Waals surface area contributed by atoms with Crippen LogP contribution in [-0.4, -0.2) is 34.6 Å². The Balaban J connectivity index is 1.53. The molecule has 11 heteroatoms. The molecule has 0 aliphatic rings. The highest BCUT2D eigenvalue weighted by molar-refractivity contribution is 9.10. The lowest BCUT2D eigenvalue weighted by atomic mass is 10.2. The molecule has 39 heavy (non-hydrogen) atoms. The van der Waals surface area contributed by atoms with E-state index in [-0.39, 0.29) is 39.9 Å². The maximum atomic E-state index is 13.5. The number of ether oxygens (including phenoxy) is 2. The van der Waals surface area contributed by atoms with E-state index in [0.29, 0.717) is 27.8 Å². The first-order valence-electron chi connectivity index (χ1n) is 11.8. The third-order valence-corrected chi connectivity index (χ3v) is 6.55. The molecule has 0 bridgehead atoms. The maximum absolute atomic E-state index is 13.5. The highest BCUT2D eigenvalue weighted by Crippen LogP contribution is 2.34. The third kappa shape index (κ3) is 5.85. The van der Waals surface area contributed by atoms with E-state index in [0.717, 1.165) is 9.86 Å². The first kappa shape index (κ1) is 26.9. The van der Waals surface area contributed by atoms with E-state index in [1.54, 1.807) is 56.3 Å². The molecule has 198 valence electrons. The Morgan fingerprint density at radius 1 is 1.13 bits per heavy atom. The Bertz CT molecular complexity index is 1790. The summed E-state index contributed by atoms with van der Waals surface area (Å²) in [6.07, 6.45) is 1.15. The normalized spacial score (nSPS) is 11.6. The lowest BCUT2D eigenvalue weighted by Gasteiger charge is -2.12. The van der Waals surface area contributed by atoms with E-state index in [4.69, 9.17) is 37.1 Å². The predicted octanol–water partition coefficient (Wildman–Crippen LogP) is 7.09. The van der Waals surface area contributed by atoms with Gasteiger partial charge in [-0.2, -0.15) is 9.78 Å². The second-order valence-electron chi connectivity index (χ2n) is 8.75. The Kier molecular flexibility index (Phi) is 7.74. The van der Waals surface area contributed by atoms with Crippen LogP contribution in [0.2, 0.25) is 10.0 Å². The zero-order valence-corrected chi connectivity index (χ0v) is 23.7. The molecular formula is C28H20BrCl2N3O5. The Morgan fingerprint density at radius 3 is 2.62 bits per heavy atom. The lowest BCUT2D eigenvalue weighted by Crippen LogP contribution is -2.20. The fourth-order valence-corrected chi connectivity index (χ4v) is 4.85. The van der Waals surface area contributed by atoms with Crippen LogP contribution in [0.3, 0.4) is 0 Å². The third-order valence-electron chi connectivity index (χ3n) is 5.50. The molecule has 0 spiro atoms. The zero-order chi connectivity index (χ0) is 27.7. The highest BCUT2D eigenvalue weighted by atomic mass is 79.9. The maximum Gasteiger partial charge on any atom is 0.344 e. The van der Waals surface area contributed by atoms with E-state index in [1.165, 1.54) is 10.9 Å². The SMILES string of the molecule is CC(C)OC(=O)COc1c(Cl)cc(C=Nn2c(-c3cc4cc(Br)ccc4o3)nc3ccccc3c2=O)cc1Cl. The fourth-order valence-electron chi connectivity index (χ4n) is 3.86. The van der Waals surface area contributed by atoms with Gasteiger partial charge >= 0.3 is 5.97 Å². The van der Waals surface area contributed by atoms with Gasteiger partial charge in [-0.25, -0.2) is 9.78 Å². The largest absolute Gasteiger partial charge is 0.479 e. The van der Waals surface area contributed by atoms with Crippen LogP contribution in [0.5, 0.6) is 5.75 Å². The van der Waals surface area contributed by atoms with Crippen molar-refractivity contribution >= 4 is 73.2 Å². The summed E-state index contributed by atoms with van der Waals surface area (Å²) in [7, 11) is 0. The van der Waals surface area contributed by atoms with E-state index < -0.39 is 5.97 Å². The summed E-state index contributed by atoms with van der Waals surface area (Å²) in [6.45, 7) is 3.13. The molecular weight excluding hydrogens is 609 g/mol. The van der Waals surface area contributed by atoms with Crippen LogP contribution < -0.4 is 10.3 Å².